The third-order valence-electron chi connectivity index (χ3n) is 4.98. The second kappa shape index (κ2) is 12.5. The van der Waals surface area contributed by atoms with Gasteiger partial charge in [0.05, 0.1) is 22.8 Å². The summed E-state index contributed by atoms with van der Waals surface area (Å²) in [6.45, 7) is 8.17. The lowest BCUT2D eigenvalue weighted by Gasteiger charge is -2.09. The predicted octanol–water partition coefficient (Wildman–Crippen LogP) is 4.04. The quantitative estimate of drug-likeness (QED) is 0.212. The monoisotopic (exact) mass is 528 g/mol. The van der Waals surface area contributed by atoms with Gasteiger partial charge < -0.3 is 14.6 Å². The fourth-order valence-corrected chi connectivity index (χ4v) is 5.18. The van der Waals surface area contributed by atoms with Gasteiger partial charge >= 0.3 is 5.97 Å². The molecule has 0 aliphatic carbocycles. The Bertz CT molecular complexity index is 1320. The van der Waals surface area contributed by atoms with Gasteiger partial charge in [0.25, 0.3) is 0 Å². The second-order valence-corrected chi connectivity index (χ2v) is 10.9. The first-order valence-electron chi connectivity index (χ1n) is 11.3. The number of carbonyl (C=O) groups excluding carboxylic acids is 2. The van der Waals surface area contributed by atoms with E-state index in [1.54, 1.807) is 59.2 Å². The van der Waals surface area contributed by atoms with Crippen molar-refractivity contribution >= 4 is 39.2 Å². The average Bonchev–Trinajstić information content (AvgIpc) is 3.22. The van der Waals surface area contributed by atoms with Crippen molar-refractivity contribution in [1.29, 1.82) is 0 Å². The molecule has 1 N–H and O–H groups in total. The van der Waals surface area contributed by atoms with Crippen LogP contribution >= 0.6 is 11.8 Å². The number of carbonyl (C=O) groups is 2. The van der Waals surface area contributed by atoms with Gasteiger partial charge in [-0.05, 0) is 49.7 Å². The molecule has 0 saturated heterocycles. The van der Waals surface area contributed by atoms with E-state index in [1.807, 2.05) is 13.8 Å². The van der Waals surface area contributed by atoms with Crippen molar-refractivity contribution < 1.29 is 22.7 Å². The summed E-state index contributed by atoms with van der Waals surface area (Å²) in [5.41, 5.74) is 1.90. The van der Waals surface area contributed by atoms with E-state index in [0.717, 1.165) is 23.7 Å². The van der Waals surface area contributed by atoms with Crippen LogP contribution in [0, 0.1) is 6.92 Å². The molecule has 0 aliphatic rings. The molecule has 0 fully saturated rings. The average molecular weight is 529 g/mol. The first-order chi connectivity index (χ1) is 17.2. The molecule has 1 amide bonds. The lowest BCUT2D eigenvalue weighted by molar-refractivity contribution is -0.113. The zero-order chi connectivity index (χ0) is 26.1. The molecule has 0 radical (unpaired) electrons. The summed E-state index contributed by atoms with van der Waals surface area (Å²) in [6.07, 6.45) is 2.35. The predicted molar refractivity (Wildman–Crippen MR) is 139 cm³/mol. The number of nitrogens with one attached hydrogen (secondary N) is 1. The van der Waals surface area contributed by atoms with Gasteiger partial charge in [-0.25, -0.2) is 13.2 Å². The van der Waals surface area contributed by atoms with Crippen LogP contribution in [0.15, 0.2) is 71.2 Å². The highest BCUT2D eigenvalue weighted by atomic mass is 32.2. The van der Waals surface area contributed by atoms with Gasteiger partial charge in [-0.15, -0.1) is 16.8 Å². The van der Waals surface area contributed by atoms with Crippen LogP contribution < -0.4 is 5.32 Å². The SMILES string of the molecule is C=CCn1c(CS(=O)(=O)c2ccc(C)cc2)nnc1SCC(=O)Nc1ccc(C(=O)OCCC)cc1. The van der Waals surface area contributed by atoms with Crippen LogP contribution in [0.2, 0.25) is 0 Å². The van der Waals surface area contributed by atoms with Crippen LogP contribution in [0.25, 0.3) is 0 Å². The molecule has 2 aromatic carbocycles. The van der Waals surface area contributed by atoms with Crippen LogP contribution in [-0.4, -0.2) is 47.4 Å². The third-order valence-corrected chi connectivity index (χ3v) is 7.57. The maximum atomic E-state index is 12.9. The molecular weight excluding hydrogens is 500 g/mol. The van der Waals surface area contributed by atoms with E-state index in [-0.39, 0.29) is 28.1 Å². The summed E-state index contributed by atoms with van der Waals surface area (Å²) < 4.78 is 32.4. The van der Waals surface area contributed by atoms with E-state index in [1.165, 1.54) is 0 Å². The fraction of sp³-hybridized carbons (Fsp3) is 0.280. The molecular formula is C25H28N4O5S2. The number of hydrogen-bond acceptors (Lipinski definition) is 8. The van der Waals surface area contributed by atoms with Crippen LogP contribution in [0.5, 0.6) is 0 Å². The van der Waals surface area contributed by atoms with Gasteiger partial charge in [-0.1, -0.05) is 42.5 Å². The third kappa shape index (κ3) is 7.28. The number of amides is 1. The summed E-state index contributed by atoms with van der Waals surface area (Å²) in [4.78, 5) is 24.6. The van der Waals surface area contributed by atoms with Crippen molar-refractivity contribution in [2.45, 2.75) is 42.6 Å². The van der Waals surface area contributed by atoms with Crippen molar-refractivity contribution in [1.82, 2.24) is 14.8 Å². The lowest BCUT2D eigenvalue weighted by atomic mass is 10.2. The number of ether oxygens (including phenoxy) is 1. The Balaban J connectivity index is 1.63. The normalized spacial score (nSPS) is 11.2. The number of thioether (sulfide) groups is 1. The molecule has 0 bridgehead atoms. The van der Waals surface area contributed by atoms with E-state index in [2.05, 4.69) is 22.1 Å². The molecule has 36 heavy (non-hydrogen) atoms. The lowest BCUT2D eigenvalue weighted by Crippen LogP contribution is -2.15. The Hall–Kier alpha value is -3.44. The smallest absolute Gasteiger partial charge is 0.338 e. The maximum absolute atomic E-state index is 12.9. The highest BCUT2D eigenvalue weighted by Gasteiger charge is 2.22. The molecule has 190 valence electrons. The number of benzene rings is 2. The van der Waals surface area contributed by atoms with Crippen molar-refractivity contribution in [2.75, 3.05) is 17.7 Å². The second-order valence-electron chi connectivity index (χ2n) is 7.92. The number of aryl methyl sites for hydroxylation is 1. The van der Waals surface area contributed by atoms with Gasteiger partial charge in [-0.2, -0.15) is 0 Å². The van der Waals surface area contributed by atoms with E-state index in [4.69, 9.17) is 4.74 Å². The van der Waals surface area contributed by atoms with Gasteiger partial charge in [0.2, 0.25) is 5.91 Å². The minimum Gasteiger partial charge on any atom is -0.462 e. The standard InChI is InChI=1S/C25H28N4O5S2/c1-4-14-29-22(17-36(32,33)21-12-6-18(3)7-13-21)27-28-25(29)35-16-23(30)26-20-10-8-19(9-11-20)24(31)34-15-5-2/h4,6-13H,1,5,14-17H2,2-3H3,(H,26,30). The molecule has 9 nitrogen and oxygen atoms in total. The molecule has 1 aromatic heterocycles. The van der Waals surface area contributed by atoms with Crippen molar-refractivity contribution in [2.24, 2.45) is 0 Å². The zero-order valence-corrected chi connectivity index (χ0v) is 21.8. The van der Waals surface area contributed by atoms with E-state index < -0.39 is 15.8 Å². The van der Waals surface area contributed by atoms with Crippen molar-refractivity contribution in [3.8, 4) is 0 Å². The highest BCUT2D eigenvalue weighted by Crippen LogP contribution is 2.22. The first-order valence-corrected chi connectivity index (χ1v) is 13.9. The topological polar surface area (TPSA) is 120 Å². The van der Waals surface area contributed by atoms with Crippen LogP contribution in [0.3, 0.4) is 0 Å². The largest absolute Gasteiger partial charge is 0.462 e. The molecule has 11 heteroatoms. The highest BCUT2D eigenvalue weighted by molar-refractivity contribution is 7.99. The molecule has 0 unspecified atom stereocenters. The summed E-state index contributed by atoms with van der Waals surface area (Å²) in [6, 6.07) is 13.0. The first kappa shape index (κ1) is 27.2. The minimum absolute atomic E-state index is 0.0281. The number of sulfone groups is 1. The molecule has 1 heterocycles. The molecule has 0 aliphatic heterocycles. The molecule has 0 saturated carbocycles. The Morgan fingerprint density at radius 3 is 2.44 bits per heavy atom. The summed E-state index contributed by atoms with van der Waals surface area (Å²) in [7, 11) is -3.62. The van der Waals surface area contributed by atoms with Crippen molar-refractivity contribution in [3.05, 3.63) is 78.1 Å². The number of hydrogen-bond donors (Lipinski definition) is 1. The van der Waals surface area contributed by atoms with Gasteiger partial charge in [-0.3, -0.25) is 4.79 Å². The van der Waals surface area contributed by atoms with Crippen LogP contribution in [0.1, 0.15) is 35.1 Å². The molecule has 3 rings (SSSR count). The Labute approximate surface area is 214 Å². The molecule has 0 atom stereocenters. The number of allylic oxidation sites excluding steroid dienone is 1. The van der Waals surface area contributed by atoms with E-state index in [0.29, 0.717) is 29.6 Å². The summed E-state index contributed by atoms with van der Waals surface area (Å²) >= 11 is 1.14. The van der Waals surface area contributed by atoms with Crippen LogP contribution in [0.4, 0.5) is 5.69 Å². The Morgan fingerprint density at radius 2 is 1.81 bits per heavy atom. The molecule has 3 aromatic rings. The fourth-order valence-electron chi connectivity index (χ4n) is 3.14. The number of rotatable bonds is 12. The van der Waals surface area contributed by atoms with Gasteiger partial charge in [0, 0.05) is 12.2 Å². The van der Waals surface area contributed by atoms with Crippen LogP contribution in [-0.2, 0) is 31.7 Å². The van der Waals surface area contributed by atoms with Gasteiger partial charge in [0.1, 0.15) is 11.6 Å². The van der Waals surface area contributed by atoms with Gasteiger partial charge in [0.15, 0.2) is 15.0 Å². The number of nitrogens with zero attached hydrogens (tertiary/aromatic N) is 3. The van der Waals surface area contributed by atoms with Crippen molar-refractivity contribution in [3.63, 3.8) is 0 Å². The van der Waals surface area contributed by atoms with E-state index >= 15 is 0 Å². The number of anilines is 1. The number of aromatic nitrogens is 3. The maximum Gasteiger partial charge on any atom is 0.338 e. The summed E-state index contributed by atoms with van der Waals surface area (Å²) in [5.74, 6) is -0.726. The Morgan fingerprint density at radius 1 is 1.11 bits per heavy atom. The minimum atomic E-state index is -3.62. The summed E-state index contributed by atoms with van der Waals surface area (Å²) in [5, 5.41) is 11.3. The van der Waals surface area contributed by atoms with E-state index in [9.17, 15) is 18.0 Å². The molecule has 0 spiro atoms. The Kier molecular flexibility index (Phi) is 9.43. The number of esters is 1. The zero-order valence-electron chi connectivity index (χ0n) is 20.1.